The van der Waals surface area contributed by atoms with Crippen LogP contribution in [0.15, 0.2) is 42.6 Å². The van der Waals surface area contributed by atoms with Gasteiger partial charge in [0.1, 0.15) is 5.75 Å². The van der Waals surface area contributed by atoms with Gasteiger partial charge < -0.3 is 15.4 Å². The van der Waals surface area contributed by atoms with Crippen LogP contribution >= 0.6 is 0 Å². The molecule has 1 aromatic carbocycles. The normalized spacial score (nSPS) is 10.5. The first kappa shape index (κ1) is 16.4. The van der Waals surface area contributed by atoms with Crippen molar-refractivity contribution < 1.29 is 14.3 Å². The number of methoxy groups -OCH3 is 1. The number of ether oxygens (including phenoxy) is 1. The Kier molecular flexibility index (Phi) is 4.60. The van der Waals surface area contributed by atoms with Crippen LogP contribution in [0.4, 0.5) is 5.69 Å². The highest BCUT2D eigenvalue weighted by atomic mass is 16.5. The van der Waals surface area contributed by atoms with Crippen LogP contribution in [-0.2, 0) is 16.1 Å². The minimum atomic E-state index is -0.748. The van der Waals surface area contributed by atoms with Crippen molar-refractivity contribution in [3.63, 3.8) is 0 Å². The number of fused-ring (bicyclic) bond motifs is 1. The number of carbonyl (C=O) groups excluding carboxylic acids is 2. The van der Waals surface area contributed by atoms with E-state index in [2.05, 4.69) is 20.8 Å². The van der Waals surface area contributed by atoms with Gasteiger partial charge in [-0.2, -0.15) is 0 Å². The summed E-state index contributed by atoms with van der Waals surface area (Å²) < 4.78 is 6.85. The molecule has 2 heterocycles. The largest absolute Gasteiger partial charge is 0.497 e. The SMILES string of the molecule is COc1ccc(NC(=O)C(=O)NCc2nnc3ccccn23)c(C)c1. The van der Waals surface area contributed by atoms with Crippen molar-refractivity contribution in [2.75, 3.05) is 12.4 Å². The number of anilines is 1. The topological polar surface area (TPSA) is 97.6 Å². The summed E-state index contributed by atoms with van der Waals surface area (Å²) in [7, 11) is 1.56. The summed E-state index contributed by atoms with van der Waals surface area (Å²) >= 11 is 0. The molecular formula is C17H17N5O3. The van der Waals surface area contributed by atoms with Crippen molar-refractivity contribution in [3.05, 3.63) is 54.0 Å². The summed E-state index contributed by atoms with van der Waals surface area (Å²) in [5, 5.41) is 13.1. The smallest absolute Gasteiger partial charge is 0.313 e. The van der Waals surface area contributed by atoms with E-state index in [1.807, 2.05) is 19.1 Å². The molecule has 8 heteroatoms. The van der Waals surface area contributed by atoms with Crippen LogP contribution in [0.25, 0.3) is 5.65 Å². The highest BCUT2D eigenvalue weighted by Crippen LogP contribution is 2.20. The van der Waals surface area contributed by atoms with E-state index in [0.717, 1.165) is 5.56 Å². The second kappa shape index (κ2) is 7.00. The number of pyridine rings is 1. The monoisotopic (exact) mass is 339 g/mol. The third-order valence-electron chi connectivity index (χ3n) is 3.68. The summed E-state index contributed by atoms with van der Waals surface area (Å²) in [4.78, 5) is 24.1. The maximum Gasteiger partial charge on any atom is 0.313 e. The molecule has 2 amide bonds. The Balaban J connectivity index is 1.62. The Morgan fingerprint density at radius 2 is 2.00 bits per heavy atom. The molecular weight excluding hydrogens is 322 g/mol. The summed E-state index contributed by atoms with van der Waals surface area (Å²) in [6.45, 7) is 1.91. The van der Waals surface area contributed by atoms with Gasteiger partial charge in [0.2, 0.25) is 0 Å². The maximum absolute atomic E-state index is 12.0. The fraction of sp³-hybridized carbons (Fsp3) is 0.176. The summed E-state index contributed by atoms with van der Waals surface area (Å²) in [6, 6.07) is 10.7. The molecule has 8 nitrogen and oxygen atoms in total. The van der Waals surface area contributed by atoms with E-state index in [9.17, 15) is 9.59 Å². The number of hydrogen-bond acceptors (Lipinski definition) is 5. The molecule has 0 aliphatic carbocycles. The van der Waals surface area contributed by atoms with Gasteiger partial charge in [0, 0.05) is 11.9 Å². The number of carbonyl (C=O) groups is 2. The zero-order valence-corrected chi connectivity index (χ0v) is 13.8. The van der Waals surface area contributed by atoms with Gasteiger partial charge in [-0.25, -0.2) is 0 Å². The van der Waals surface area contributed by atoms with Gasteiger partial charge in [0.15, 0.2) is 11.5 Å². The zero-order valence-electron chi connectivity index (χ0n) is 13.8. The van der Waals surface area contributed by atoms with Gasteiger partial charge >= 0.3 is 11.8 Å². The number of benzene rings is 1. The molecule has 0 fully saturated rings. The van der Waals surface area contributed by atoms with E-state index in [1.165, 1.54) is 0 Å². The van der Waals surface area contributed by atoms with E-state index in [0.29, 0.717) is 22.9 Å². The van der Waals surface area contributed by atoms with Gasteiger partial charge in [-0.3, -0.25) is 14.0 Å². The third kappa shape index (κ3) is 3.57. The molecule has 0 aliphatic rings. The Labute approximate surface area is 143 Å². The van der Waals surface area contributed by atoms with Crippen LogP contribution < -0.4 is 15.4 Å². The van der Waals surface area contributed by atoms with Gasteiger partial charge in [-0.05, 0) is 42.8 Å². The lowest BCUT2D eigenvalue weighted by molar-refractivity contribution is -0.136. The second-order valence-electron chi connectivity index (χ2n) is 5.36. The Hall–Kier alpha value is -3.42. The second-order valence-corrected chi connectivity index (χ2v) is 5.36. The number of hydrogen-bond donors (Lipinski definition) is 2. The highest BCUT2D eigenvalue weighted by molar-refractivity contribution is 6.39. The number of nitrogens with zero attached hydrogens (tertiary/aromatic N) is 3. The van der Waals surface area contributed by atoms with Gasteiger partial charge in [-0.1, -0.05) is 6.07 Å². The fourth-order valence-corrected chi connectivity index (χ4v) is 2.33. The first-order chi connectivity index (χ1) is 12.1. The van der Waals surface area contributed by atoms with E-state index in [4.69, 9.17) is 4.74 Å². The predicted molar refractivity (Wildman–Crippen MR) is 91.2 cm³/mol. The Bertz CT molecular complexity index is 935. The van der Waals surface area contributed by atoms with Crippen LogP contribution in [0.5, 0.6) is 5.75 Å². The van der Waals surface area contributed by atoms with Crippen LogP contribution in [0.2, 0.25) is 0 Å². The fourth-order valence-electron chi connectivity index (χ4n) is 2.33. The quantitative estimate of drug-likeness (QED) is 0.698. The molecule has 2 aromatic heterocycles. The highest BCUT2D eigenvalue weighted by Gasteiger charge is 2.16. The lowest BCUT2D eigenvalue weighted by Crippen LogP contribution is -2.35. The predicted octanol–water partition coefficient (Wildman–Crippen LogP) is 1.30. The molecule has 0 aliphatic heterocycles. The van der Waals surface area contributed by atoms with E-state index >= 15 is 0 Å². The Morgan fingerprint density at radius 3 is 2.76 bits per heavy atom. The van der Waals surface area contributed by atoms with Crippen molar-refractivity contribution in [1.82, 2.24) is 19.9 Å². The molecule has 2 N–H and O–H groups in total. The molecule has 0 spiro atoms. The molecule has 25 heavy (non-hydrogen) atoms. The third-order valence-corrected chi connectivity index (χ3v) is 3.68. The number of aryl methyl sites for hydroxylation is 1. The maximum atomic E-state index is 12.0. The van der Waals surface area contributed by atoms with Gasteiger partial charge in [-0.15, -0.1) is 10.2 Å². The van der Waals surface area contributed by atoms with Crippen molar-refractivity contribution in [3.8, 4) is 5.75 Å². The number of nitrogens with one attached hydrogen (secondary N) is 2. The van der Waals surface area contributed by atoms with Crippen LogP contribution in [0.3, 0.4) is 0 Å². The van der Waals surface area contributed by atoms with Crippen LogP contribution in [0.1, 0.15) is 11.4 Å². The molecule has 0 saturated heterocycles. The van der Waals surface area contributed by atoms with Crippen molar-refractivity contribution >= 4 is 23.1 Å². The molecule has 0 bridgehead atoms. The summed E-state index contributed by atoms with van der Waals surface area (Å²) in [5.41, 5.74) is 2.02. The van der Waals surface area contributed by atoms with E-state index in [1.54, 1.807) is 42.0 Å². The number of rotatable bonds is 4. The average Bonchev–Trinajstić information content (AvgIpc) is 3.04. The van der Waals surface area contributed by atoms with Gasteiger partial charge in [0.25, 0.3) is 0 Å². The average molecular weight is 339 g/mol. The lowest BCUT2D eigenvalue weighted by Gasteiger charge is -2.10. The molecule has 3 rings (SSSR count). The lowest BCUT2D eigenvalue weighted by atomic mass is 10.2. The molecule has 3 aromatic rings. The summed E-state index contributed by atoms with van der Waals surface area (Å²) in [5.74, 6) is -0.277. The standard InChI is InChI=1S/C17H17N5O3/c1-11-9-12(25-2)6-7-13(11)19-17(24)16(23)18-10-15-21-20-14-5-3-4-8-22(14)15/h3-9H,10H2,1-2H3,(H,18,23)(H,19,24). The van der Waals surface area contributed by atoms with Crippen molar-refractivity contribution in [2.24, 2.45) is 0 Å². The minimum Gasteiger partial charge on any atom is -0.497 e. The van der Waals surface area contributed by atoms with Gasteiger partial charge in [0.05, 0.1) is 13.7 Å². The molecule has 0 radical (unpaired) electrons. The first-order valence-corrected chi connectivity index (χ1v) is 7.61. The first-order valence-electron chi connectivity index (χ1n) is 7.61. The minimum absolute atomic E-state index is 0.0963. The zero-order chi connectivity index (χ0) is 17.8. The summed E-state index contributed by atoms with van der Waals surface area (Å²) in [6.07, 6.45) is 1.79. The van der Waals surface area contributed by atoms with Crippen molar-refractivity contribution in [2.45, 2.75) is 13.5 Å². The number of amides is 2. The molecule has 0 saturated carbocycles. The molecule has 0 atom stereocenters. The van der Waals surface area contributed by atoms with E-state index in [-0.39, 0.29) is 6.54 Å². The van der Waals surface area contributed by atoms with E-state index < -0.39 is 11.8 Å². The van der Waals surface area contributed by atoms with Crippen LogP contribution in [-0.4, -0.2) is 33.5 Å². The Morgan fingerprint density at radius 1 is 1.16 bits per heavy atom. The molecule has 0 unspecified atom stereocenters. The van der Waals surface area contributed by atoms with Crippen LogP contribution in [0, 0.1) is 6.92 Å². The number of aromatic nitrogens is 3. The van der Waals surface area contributed by atoms with Crippen molar-refractivity contribution in [1.29, 1.82) is 0 Å². The molecule has 128 valence electrons.